The van der Waals surface area contributed by atoms with E-state index in [1.165, 1.54) is 0 Å². The topological polar surface area (TPSA) is 35.2 Å². The summed E-state index contributed by atoms with van der Waals surface area (Å²) in [7, 11) is 0. The van der Waals surface area contributed by atoms with E-state index >= 15 is 0 Å². The molecule has 2 aromatic carbocycles. The van der Waals surface area contributed by atoms with Gasteiger partial charge >= 0.3 is 0 Å². The lowest BCUT2D eigenvalue weighted by molar-refractivity contribution is 0.470. The Bertz CT molecular complexity index is 611. The van der Waals surface area contributed by atoms with Gasteiger partial charge in [0, 0.05) is 4.90 Å². The van der Waals surface area contributed by atoms with Crippen molar-refractivity contribution in [3.8, 4) is 11.5 Å². The molecular weight excluding hydrogens is 274 g/mol. The van der Waals surface area contributed by atoms with Crippen LogP contribution in [0.25, 0.3) is 0 Å². The van der Waals surface area contributed by atoms with E-state index in [0.29, 0.717) is 10.7 Å². The lowest BCUT2D eigenvalue weighted by atomic mass is 10.1. The lowest BCUT2D eigenvalue weighted by Gasteiger charge is -2.13. The van der Waals surface area contributed by atoms with E-state index in [1.54, 1.807) is 11.8 Å². The lowest BCUT2D eigenvalue weighted by Crippen LogP contribution is -2.10. The molecule has 0 atom stereocenters. The van der Waals surface area contributed by atoms with Gasteiger partial charge in [-0.2, -0.15) is 0 Å². The first-order valence-electron chi connectivity index (χ1n) is 5.83. The van der Waals surface area contributed by atoms with Crippen molar-refractivity contribution < 1.29 is 4.74 Å². The zero-order valence-corrected chi connectivity index (χ0v) is 12.5. The van der Waals surface area contributed by atoms with Crippen LogP contribution in [-0.4, -0.2) is 11.2 Å². The standard InChI is InChI=1S/C15H15NOS2/c1-10-7-8-11(15(16)18)13(9-10)17-12-5-3-4-6-14(12)19-2/h3-9H,1-2H3,(H2,16,18). The Balaban J connectivity index is 2.42. The summed E-state index contributed by atoms with van der Waals surface area (Å²) in [5, 5.41) is 0. The van der Waals surface area contributed by atoms with Gasteiger partial charge in [0.2, 0.25) is 0 Å². The van der Waals surface area contributed by atoms with Crippen molar-refractivity contribution in [2.24, 2.45) is 5.73 Å². The van der Waals surface area contributed by atoms with Crippen molar-refractivity contribution in [1.82, 2.24) is 0 Å². The minimum Gasteiger partial charge on any atom is -0.455 e. The summed E-state index contributed by atoms with van der Waals surface area (Å²) in [4.78, 5) is 1.43. The van der Waals surface area contributed by atoms with E-state index in [4.69, 9.17) is 22.7 Å². The second kappa shape index (κ2) is 6.08. The van der Waals surface area contributed by atoms with Crippen LogP contribution in [0, 0.1) is 6.92 Å². The summed E-state index contributed by atoms with van der Waals surface area (Å²) in [6.45, 7) is 2.01. The summed E-state index contributed by atoms with van der Waals surface area (Å²) >= 11 is 6.71. The molecule has 2 N–H and O–H groups in total. The first-order valence-corrected chi connectivity index (χ1v) is 7.46. The molecule has 0 aromatic heterocycles. The molecule has 2 rings (SSSR count). The average molecular weight is 289 g/mol. The Morgan fingerprint density at radius 3 is 2.58 bits per heavy atom. The minimum absolute atomic E-state index is 0.344. The van der Waals surface area contributed by atoms with E-state index < -0.39 is 0 Å². The normalized spacial score (nSPS) is 10.2. The summed E-state index contributed by atoms with van der Waals surface area (Å²) in [5.74, 6) is 1.52. The highest BCUT2D eigenvalue weighted by Crippen LogP contribution is 2.33. The minimum atomic E-state index is 0.344. The first kappa shape index (κ1) is 13.9. The SMILES string of the molecule is CSc1ccccc1Oc1cc(C)ccc1C(N)=S. The van der Waals surface area contributed by atoms with Crippen LogP contribution in [0.1, 0.15) is 11.1 Å². The maximum atomic E-state index is 5.99. The Hall–Kier alpha value is -1.52. The van der Waals surface area contributed by atoms with E-state index in [0.717, 1.165) is 21.8 Å². The van der Waals surface area contributed by atoms with Crippen molar-refractivity contribution >= 4 is 29.0 Å². The number of hydrogen-bond acceptors (Lipinski definition) is 3. The zero-order valence-electron chi connectivity index (χ0n) is 10.8. The van der Waals surface area contributed by atoms with Crippen LogP contribution in [0.5, 0.6) is 11.5 Å². The van der Waals surface area contributed by atoms with Gasteiger partial charge in [0.05, 0.1) is 5.56 Å². The van der Waals surface area contributed by atoms with Crippen molar-refractivity contribution in [1.29, 1.82) is 0 Å². The summed E-state index contributed by atoms with van der Waals surface area (Å²) in [5.41, 5.74) is 7.60. The number of rotatable bonds is 4. The van der Waals surface area contributed by atoms with E-state index in [-0.39, 0.29) is 0 Å². The Morgan fingerprint density at radius 2 is 1.89 bits per heavy atom. The Kier molecular flexibility index (Phi) is 4.45. The number of aryl methyl sites for hydroxylation is 1. The predicted molar refractivity (Wildman–Crippen MR) is 85.4 cm³/mol. The van der Waals surface area contributed by atoms with Crippen LogP contribution in [0.4, 0.5) is 0 Å². The van der Waals surface area contributed by atoms with Crippen LogP contribution in [0.15, 0.2) is 47.4 Å². The molecule has 4 heteroatoms. The molecule has 0 aliphatic heterocycles. The fourth-order valence-corrected chi connectivity index (χ4v) is 2.43. The van der Waals surface area contributed by atoms with Crippen LogP contribution in [0.2, 0.25) is 0 Å². The molecule has 2 nitrogen and oxygen atoms in total. The van der Waals surface area contributed by atoms with E-state index in [1.807, 2.05) is 55.6 Å². The van der Waals surface area contributed by atoms with Gasteiger partial charge in [-0.1, -0.05) is 30.4 Å². The second-order valence-corrected chi connectivity index (χ2v) is 5.40. The molecule has 0 amide bonds. The quantitative estimate of drug-likeness (QED) is 0.677. The zero-order chi connectivity index (χ0) is 13.8. The van der Waals surface area contributed by atoms with Gasteiger partial charge in [0.15, 0.2) is 0 Å². The average Bonchev–Trinajstić information content (AvgIpc) is 2.39. The summed E-state index contributed by atoms with van der Waals surface area (Å²) in [6.07, 6.45) is 2.02. The van der Waals surface area contributed by atoms with Crippen molar-refractivity contribution in [3.05, 3.63) is 53.6 Å². The van der Waals surface area contributed by atoms with Crippen LogP contribution >= 0.6 is 24.0 Å². The molecule has 2 aromatic rings. The molecule has 19 heavy (non-hydrogen) atoms. The fourth-order valence-electron chi connectivity index (χ4n) is 1.74. The molecule has 0 bridgehead atoms. The van der Waals surface area contributed by atoms with Crippen molar-refractivity contribution in [3.63, 3.8) is 0 Å². The molecule has 0 radical (unpaired) electrons. The van der Waals surface area contributed by atoms with Crippen LogP contribution in [-0.2, 0) is 0 Å². The molecule has 0 spiro atoms. The van der Waals surface area contributed by atoms with Crippen molar-refractivity contribution in [2.75, 3.05) is 6.26 Å². The molecule has 0 heterocycles. The highest BCUT2D eigenvalue weighted by Gasteiger charge is 2.10. The fraction of sp³-hybridized carbons (Fsp3) is 0.133. The number of para-hydroxylation sites is 1. The number of nitrogens with two attached hydrogens (primary N) is 1. The van der Waals surface area contributed by atoms with Crippen molar-refractivity contribution in [2.45, 2.75) is 11.8 Å². The number of thiocarbonyl (C=S) groups is 1. The van der Waals surface area contributed by atoms with Gasteiger partial charge in [-0.05, 0) is 43.0 Å². The van der Waals surface area contributed by atoms with E-state index in [9.17, 15) is 0 Å². The second-order valence-electron chi connectivity index (χ2n) is 4.12. The van der Waals surface area contributed by atoms with Gasteiger partial charge in [0.1, 0.15) is 16.5 Å². The van der Waals surface area contributed by atoms with Gasteiger partial charge in [-0.25, -0.2) is 0 Å². The molecule has 0 unspecified atom stereocenters. The molecule has 0 fully saturated rings. The predicted octanol–water partition coefficient (Wildman–Crippen LogP) is 4.14. The summed E-state index contributed by atoms with van der Waals surface area (Å²) in [6, 6.07) is 13.7. The monoisotopic (exact) mass is 289 g/mol. The third-order valence-corrected chi connectivity index (χ3v) is 3.69. The molecule has 0 aliphatic rings. The van der Waals surface area contributed by atoms with Gasteiger partial charge in [-0.15, -0.1) is 11.8 Å². The highest BCUT2D eigenvalue weighted by molar-refractivity contribution is 7.98. The molecule has 98 valence electrons. The maximum Gasteiger partial charge on any atom is 0.140 e. The highest BCUT2D eigenvalue weighted by atomic mass is 32.2. The number of benzene rings is 2. The third-order valence-electron chi connectivity index (χ3n) is 2.69. The summed E-state index contributed by atoms with van der Waals surface area (Å²) < 4.78 is 5.99. The largest absolute Gasteiger partial charge is 0.455 e. The Labute approximate surface area is 123 Å². The van der Waals surface area contributed by atoms with Gasteiger partial charge in [-0.3, -0.25) is 0 Å². The Morgan fingerprint density at radius 1 is 1.16 bits per heavy atom. The number of thioether (sulfide) groups is 1. The maximum absolute atomic E-state index is 5.99. The molecule has 0 aliphatic carbocycles. The third kappa shape index (κ3) is 3.28. The number of hydrogen-bond donors (Lipinski definition) is 1. The smallest absolute Gasteiger partial charge is 0.140 e. The first-order chi connectivity index (χ1) is 9.11. The molecule has 0 saturated carbocycles. The number of ether oxygens (including phenoxy) is 1. The van der Waals surface area contributed by atoms with Crippen LogP contribution in [0.3, 0.4) is 0 Å². The van der Waals surface area contributed by atoms with Crippen LogP contribution < -0.4 is 10.5 Å². The molecule has 0 saturated heterocycles. The molecular formula is C15H15NOS2. The van der Waals surface area contributed by atoms with Gasteiger partial charge < -0.3 is 10.5 Å². The van der Waals surface area contributed by atoms with Gasteiger partial charge in [0.25, 0.3) is 0 Å². The van der Waals surface area contributed by atoms with E-state index in [2.05, 4.69) is 0 Å².